The summed E-state index contributed by atoms with van der Waals surface area (Å²) in [7, 11) is 0. The fourth-order valence-corrected chi connectivity index (χ4v) is 3.17. The number of hydrogen-bond acceptors (Lipinski definition) is 3. The predicted molar refractivity (Wildman–Crippen MR) is 77.0 cm³/mol. The molecule has 0 bridgehead atoms. The van der Waals surface area contributed by atoms with Gasteiger partial charge in [-0.1, -0.05) is 19.3 Å². The lowest BCUT2D eigenvalue weighted by Gasteiger charge is -2.36. The molecule has 4 nitrogen and oxygen atoms in total. The fourth-order valence-electron chi connectivity index (χ4n) is 3.17. The van der Waals surface area contributed by atoms with Crippen molar-refractivity contribution in [3.05, 3.63) is 23.7 Å². The van der Waals surface area contributed by atoms with Crippen molar-refractivity contribution < 1.29 is 9.21 Å². The van der Waals surface area contributed by atoms with Crippen molar-refractivity contribution in [1.82, 2.24) is 4.90 Å². The molecule has 2 N–H and O–H groups in total. The monoisotopic (exact) mass is 276 g/mol. The molecule has 0 radical (unpaired) electrons. The van der Waals surface area contributed by atoms with Gasteiger partial charge in [-0.05, 0) is 44.7 Å². The van der Waals surface area contributed by atoms with Crippen LogP contribution in [0.3, 0.4) is 0 Å². The summed E-state index contributed by atoms with van der Waals surface area (Å²) in [4.78, 5) is 14.8. The summed E-state index contributed by atoms with van der Waals surface area (Å²) in [5.41, 5.74) is 5.77. The number of aryl methyl sites for hydroxylation is 1. The molecule has 1 aromatic heterocycles. The summed E-state index contributed by atoms with van der Waals surface area (Å²) in [5, 5.41) is 0. The first-order valence-electron chi connectivity index (χ1n) is 7.74. The number of amides is 1. The van der Waals surface area contributed by atoms with Crippen LogP contribution in [-0.2, 0) is 11.3 Å². The molecule has 20 heavy (non-hydrogen) atoms. The molecule has 0 aromatic carbocycles. The van der Waals surface area contributed by atoms with Crippen molar-refractivity contribution in [1.29, 1.82) is 0 Å². The molecule has 110 valence electrons. The number of carbonyl (C=O) groups is 1. The molecule has 2 saturated carbocycles. The molecule has 1 heterocycles. The minimum atomic E-state index is -0.636. The third-order valence-electron chi connectivity index (χ3n) is 4.54. The highest BCUT2D eigenvalue weighted by molar-refractivity contribution is 5.86. The minimum Gasteiger partial charge on any atom is -0.464 e. The fraction of sp³-hybridized carbons (Fsp3) is 0.688. The van der Waals surface area contributed by atoms with E-state index in [1.165, 1.54) is 6.42 Å². The van der Waals surface area contributed by atoms with Crippen LogP contribution < -0.4 is 5.73 Å². The van der Waals surface area contributed by atoms with Crippen LogP contribution in [0.5, 0.6) is 0 Å². The number of nitrogens with two attached hydrogens (primary N) is 1. The van der Waals surface area contributed by atoms with Gasteiger partial charge < -0.3 is 15.1 Å². The van der Waals surface area contributed by atoms with E-state index in [9.17, 15) is 4.79 Å². The maximum absolute atomic E-state index is 12.9. The normalized spacial score (nSPS) is 21.7. The Labute approximate surface area is 120 Å². The van der Waals surface area contributed by atoms with E-state index >= 15 is 0 Å². The number of hydrogen-bond donors (Lipinski definition) is 1. The van der Waals surface area contributed by atoms with Crippen LogP contribution in [0.4, 0.5) is 0 Å². The molecule has 4 heteroatoms. The molecule has 0 aliphatic heterocycles. The van der Waals surface area contributed by atoms with Gasteiger partial charge >= 0.3 is 0 Å². The van der Waals surface area contributed by atoms with Crippen LogP contribution in [-0.4, -0.2) is 22.4 Å². The molecule has 0 spiro atoms. The Bertz CT molecular complexity index is 484. The van der Waals surface area contributed by atoms with E-state index in [-0.39, 0.29) is 5.91 Å². The molecule has 0 unspecified atom stereocenters. The zero-order valence-electron chi connectivity index (χ0n) is 12.2. The summed E-state index contributed by atoms with van der Waals surface area (Å²) in [6.45, 7) is 2.49. The molecular formula is C16H24N2O2. The highest BCUT2D eigenvalue weighted by Gasteiger charge is 2.43. The van der Waals surface area contributed by atoms with Crippen LogP contribution in [0.25, 0.3) is 0 Å². The molecule has 3 rings (SSSR count). The van der Waals surface area contributed by atoms with Crippen molar-refractivity contribution in [2.75, 3.05) is 0 Å². The second-order valence-electron chi connectivity index (χ2n) is 6.39. The largest absolute Gasteiger partial charge is 0.464 e. The zero-order valence-corrected chi connectivity index (χ0v) is 12.2. The standard InChI is InChI=1S/C16H24N2O2/c1-12-5-8-14(20-12)11-18(13-6-7-13)15(19)16(17)9-3-2-4-10-16/h5,8,13H,2-4,6-7,9-11,17H2,1H3. The summed E-state index contributed by atoms with van der Waals surface area (Å²) < 4.78 is 5.63. The van der Waals surface area contributed by atoms with Crippen LogP contribution in [0, 0.1) is 6.92 Å². The number of furan rings is 1. The van der Waals surface area contributed by atoms with Gasteiger partial charge in [-0.15, -0.1) is 0 Å². The molecule has 1 amide bonds. The summed E-state index contributed by atoms with van der Waals surface area (Å²) in [6, 6.07) is 4.28. The van der Waals surface area contributed by atoms with Crippen molar-refractivity contribution >= 4 is 5.91 Å². The first-order chi connectivity index (χ1) is 9.58. The summed E-state index contributed by atoms with van der Waals surface area (Å²) in [5.74, 6) is 1.89. The lowest BCUT2D eigenvalue weighted by molar-refractivity contribution is -0.139. The average molecular weight is 276 g/mol. The van der Waals surface area contributed by atoms with Gasteiger partial charge in [0.25, 0.3) is 0 Å². The Kier molecular flexibility index (Phi) is 3.59. The van der Waals surface area contributed by atoms with E-state index in [0.29, 0.717) is 12.6 Å². The summed E-state index contributed by atoms with van der Waals surface area (Å²) in [6.07, 6.45) is 7.19. The van der Waals surface area contributed by atoms with Gasteiger partial charge in [-0.25, -0.2) is 0 Å². The van der Waals surface area contributed by atoms with E-state index < -0.39 is 5.54 Å². The van der Waals surface area contributed by atoms with E-state index in [2.05, 4.69) is 0 Å². The SMILES string of the molecule is Cc1ccc(CN(C(=O)C2(N)CCCCC2)C2CC2)o1. The number of carbonyl (C=O) groups excluding carboxylic acids is 1. The van der Waals surface area contributed by atoms with E-state index in [0.717, 1.165) is 50.0 Å². The van der Waals surface area contributed by atoms with Gasteiger partial charge in [0.05, 0.1) is 12.1 Å². The van der Waals surface area contributed by atoms with Gasteiger partial charge in [0.15, 0.2) is 0 Å². The van der Waals surface area contributed by atoms with Crippen LogP contribution in [0.1, 0.15) is 56.5 Å². The van der Waals surface area contributed by atoms with E-state index in [4.69, 9.17) is 10.2 Å². The Morgan fingerprint density at radius 2 is 2.05 bits per heavy atom. The first-order valence-corrected chi connectivity index (χ1v) is 7.74. The number of nitrogens with zero attached hydrogens (tertiary/aromatic N) is 1. The van der Waals surface area contributed by atoms with Crippen molar-refractivity contribution in [3.8, 4) is 0 Å². The van der Waals surface area contributed by atoms with E-state index in [1.54, 1.807) is 0 Å². The first kappa shape index (κ1) is 13.7. The smallest absolute Gasteiger partial charge is 0.243 e. The van der Waals surface area contributed by atoms with E-state index in [1.807, 2.05) is 24.0 Å². The lowest BCUT2D eigenvalue weighted by atomic mass is 9.81. The van der Waals surface area contributed by atoms with Crippen molar-refractivity contribution in [3.63, 3.8) is 0 Å². The van der Waals surface area contributed by atoms with Gasteiger partial charge in [0, 0.05) is 6.04 Å². The molecule has 1 aromatic rings. The minimum absolute atomic E-state index is 0.133. The Morgan fingerprint density at radius 3 is 2.60 bits per heavy atom. The quantitative estimate of drug-likeness (QED) is 0.920. The van der Waals surface area contributed by atoms with Crippen LogP contribution in [0.15, 0.2) is 16.5 Å². The third-order valence-corrected chi connectivity index (χ3v) is 4.54. The Hall–Kier alpha value is -1.29. The Balaban J connectivity index is 1.74. The zero-order chi connectivity index (χ0) is 14.2. The highest BCUT2D eigenvalue weighted by Crippen LogP contribution is 2.34. The number of rotatable bonds is 4. The second-order valence-corrected chi connectivity index (χ2v) is 6.39. The topological polar surface area (TPSA) is 59.5 Å². The van der Waals surface area contributed by atoms with Crippen molar-refractivity contribution in [2.45, 2.75) is 70.0 Å². The third kappa shape index (κ3) is 2.75. The maximum Gasteiger partial charge on any atom is 0.243 e. The highest BCUT2D eigenvalue weighted by atomic mass is 16.3. The predicted octanol–water partition coefficient (Wildman–Crippen LogP) is 2.74. The van der Waals surface area contributed by atoms with Crippen LogP contribution >= 0.6 is 0 Å². The molecule has 0 atom stereocenters. The average Bonchev–Trinajstić information content (AvgIpc) is 3.19. The van der Waals surface area contributed by atoms with Crippen molar-refractivity contribution in [2.24, 2.45) is 5.73 Å². The molecule has 2 aliphatic carbocycles. The molecule has 2 fully saturated rings. The van der Waals surface area contributed by atoms with Gasteiger partial charge in [0.1, 0.15) is 11.5 Å². The van der Waals surface area contributed by atoms with Crippen LogP contribution in [0.2, 0.25) is 0 Å². The maximum atomic E-state index is 12.9. The lowest BCUT2D eigenvalue weighted by Crippen LogP contribution is -2.56. The van der Waals surface area contributed by atoms with Gasteiger partial charge in [0.2, 0.25) is 5.91 Å². The molecule has 0 saturated heterocycles. The van der Waals surface area contributed by atoms with Gasteiger partial charge in [-0.3, -0.25) is 4.79 Å². The van der Waals surface area contributed by atoms with Gasteiger partial charge in [-0.2, -0.15) is 0 Å². The molecular weight excluding hydrogens is 252 g/mol. The molecule has 2 aliphatic rings. The Morgan fingerprint density at radius 1 is 1.35 bits per heavy atom. The second kappa shape index (κ2) is 5.24. The summed E-state index contributed by atoms with van der Waals surface area (Å²) >= 11 is 0.